The molecule has 0 aliphatic rings. The van der Waals surface area contributed by atoms with Crippen molar-refractivity contribution in [3.05, 3.63) is 64.7 Å². The number of nitrogens with zero attached hydrogens (tertiary/aromatic N) is 4. The molecular weight excluding hydrogens is 347 g/mol. The molecule has 0 amide bonds. The molecule has 6 nitrogen and oxygen atoms in total. The molecule has 1 N–H and O–H groups in total. The van der Waals surface area contributed by atoms with Crippen molar-refractivity contribution in [3.8, 4) is 5.69 Å². The molecule has 26 heavy (non-hydrogen) atoms. The average Bonchev–Trinajstić information content (AvgIpc) is 3.15. The lowest BCUT2D eigenvalue weighted by Gasteiger charge is -2.10. The highest BCUT2D eigenvalue weighted by Crippen LogP contribution is 2.30. The maximum Gasteiger partial charge on any atom is 0.416 e. The fraction of sp³-hybridized carbons (Fsp3) is 0.294. The Morgan fingerprint density at radius 2 is 1.92 bits per heavy atom. The first-order valence-corrected chi connectivity index (χ1v) is 7.93. The number of anilines is 1. The first-order valence-electron chi connectivity index (χ1n) is 7.93. The maximum absolute atomic E-state index is 12.9. The highest BCUT2D eigenvalue weighted by Gasteiger charge is 2.30. The molecule has 138 valence electrons. The molecule has 0 bridgehead atoms. The molecule has 0 atom stereocenters. The van der Waals surface area contributed by atoms with Crippen LogP contribution in [0, 0.1) is 0 Å². The lowest BCUT2D eigenvalue weighted by atomic mass is 10.1. The van der Waals surface area contributed by atoms with Crippen LogP contribution < -0.4 is 11.1 Å². The van der Waals surface area contributed by atoms with Crippen LogP contribution in [0.25, 0.3) is 5.69 Å². The van der Waals surface area contributed by atoms with E-state index < -0.39 is 11.7 Å². The summed E-state index contributed by atoms with van der Waals surface area (Å²) < 4.78 is 42.9. The van der Waals surface area contributed by atoms with Gasteiger partial charge < -0.3 is 9.13 Å². The molecule has 2 heterocycles. The van der Waals surface area contributed by atoms with Gasteiger partial charge in [-0.05, 0) is 24.1 Å². The molecule has 3 rings (SSSR count). The summed E-state index contributed by atoms with van der Waals surface area (Å²) in [5.41, 5.74) is 3.00. The molecule has 1 aromatic carbocycles. The Labute approximate surface area is 147 Å². The predicted molar refractivity (Wildman–Crippen MR) is 91.3 cm³/mol. The smallest absolute Gasteiger partial charge is 0.304 e. The minimum absolute atomic E-state index is 0.0990. The van der Waals surface area contributed by atoms with Crippen molar-refractivity contribution in [3.63, 3.8) is 0 Å². The summed E-state index contributed by atoms with van der Waals surface area (Å²) in [5, 5.41) is 0. The molecule has 0 saturated carbocycles. The summed E-state index contributed by atoms with van der Waals surface area (Å²) in [6.45, 7) is 3.91. The molecule has 0 spiro atoms. The number of alkyl halides is 3. The summed E-state index contributed by atoms with van der Waals surface area (Å²) in [6, 6.07) is 4.94. The predicted octanol–water partition coefficient (Wildman–Crippen LogP) is 3.39. The lowest BCUT2D eigenvalue weighted by molar-refractivity contribution is -0.137. The quantitative estimate of drug-likeness (QED) is 0.771. The molecule has 0 unspecified atom stereocenters. The Morgan fingerprint density at radius 1 is 1.19 bits per heavy atom. The number of imidazole rings is 2. The Hall–Kier alpha value is -2.97. The zero-order valence-corrected chi connectivity index (χ0v) is 14.4. The standard InChI is InChI=1S/C17H18F3N5O/c1-11(2)14-8-23(3)16(26)25(14)22-15-9-24(10-21-15)13-6-4-5-12(7-13)17(18,19)20/h4-11,22H,1-3H3. The van der Waals surface area contributed by atoms with Crippen molar-refractivity contribution in [1.82, 2.24) is 18.8 Å². The third-order valence-corrected chi connectivity index (χ3v) is 3.95. The van der Waals surface area contributed by atoms with E-state index in [4.69, 9.17) is 0 Å². The van der Waals surface area contributed by atoms with E-state index in [1.54, 1.807) is 19.3 Å². The normalized spacial score (nSPS) is 12.0. The number of hydrogen-bond acceptors (Lipinski definition) is 3. The van der Waals surface area contributed by atoms with Crippen molar-refractivity contribution < 1.29 is 13.2 Å². The van der Waals surface area contributed by atoms with Crippen LogP contribution in [0.1, 0.15) is 31.0 Å². The minimum atomic E-state index is -4.42. The molecule has 0 radical (unpaired) electrons. The van der Waals surface area contributed by atoms with Crippen molar-refractivity contribution in [2.45, 2.75) is 25.9 Å². The first kappa shape index (κ1) is 17.8. The van der Waals surface area contributed by atoms with Gasteiger partial charge in [-0.15, -0.1) is 0 Å². The molecule has 2 aromatic heterocycles. The zero-order chi connectivity index (χ0) is 19.1. The molecule has 0 saturated heterocycles. The molecular formula is C17H18F3N5O. The highest BCUT2D eigenvalue weighted by atomic mass is 19.4. The SMILES string of the molecule is CC(C)c1cn(C)c(=O)n1Nc1cn(-c2cccc(C(F)(F)F)c2)cn1. The fourth-order valence-corrected chi connectivity index (χ4v) is 2.58. The Balaban J connectivity index is 1.92. The van der Waals surface area contributed by atoms with Crippen LogP contribution in [0.15, 0.2) is 47.8 Å². The van der Waals surface area contributed by atoms with E-state index in [1.165, 1.54) is 32.4 Å². The van der Waals surface area contributed by atoms with Gasteiger partial charge in [-0.2, -0.15) is 13.2 Å². The maximum atomic E-state index is 12.9. The van der Waals surface area contributed by atoms with Crippen LogP contribution in [-0.4, -0.2) is 18.8 Å². The summed E-state index contributed by atoms with van der Waals surface area (Å²) in [6.07, 6.45) is 0.227. The van der Waals surface area contributed by atoms with Gasteiger partial charge in [0.05, 0.1) is 17.5 Å². The topological polar surface area (TPSA) is 56.8 Å². The molecule has 9 heteroatoms. The van der Waals surface area contributed by atoms with E-state index in [-0.39, 0.29) is 11.6 Å². The third kappa shape index (κ3) is 3.37. The average molecular weight is 365 g/mol. The summed E-state index contributed by atoms with van der Waals surface area (Å²) >= 11 is 0. The second-order valence-electron chi connectivity index (χ2n) is 6.26. The van der Waals surface area contributed by atoms with Gasteiger partial charge in [-0.1, -0.05) is 19.9 Å². The largest absolute Gasteiger partial charge is 0.416 e. The fourth-order valence-electron chi connectivity index (χ4n) is 2.58. The highest BCUT2D eigenvalue weighted by molar-refractivity contribution is 5.41. The molecule has 0 aliphatic heterocycles. The van der Waals surface area contributed by atoms with Gasteiger partial charge in [0.2, 0.25) is 0 Å². The second kappa shape index (κ2) is 6.40. The number of benzene rings is 1. The number of aromatic nitrogens is 4. The van der Waals surface area contributed by atoms with E-state index in [0.717, 1.165) is 17.8 Å². The van der Waals surface area contributed by atoms with Gasteiger partial charge in [0.1, 0.15) is 6.33 Å². The molecule has 3 aromatic rings. The van der Waals surface area contributed by atoms with E-state index in [1.807, 2.05) is 13.8 Å². The number of halogens is 3. The van der Waals surface area contributed by atoms with Gasteiger partial charge in [0.25, 0.3) is 0 Å². The number of nitrogens with one attached hydrogen (secondary N) is 1. The number of hydrogen-bond donors (Lipinski definition) is 1. The van der Waals surface area contributed by atoms with Crippen LogP contribution in [-0.2, 0) is 13.2 Å². The number of rotatable bonds is 4. The molecule has 0 aliphatic carbocycles. The van der Waals surface area contributed by atoms with Crippen molar-refractivity contribution >= 4 is 5.82 Å². The Kier molecular flexibility index (Phi) is 4.39. The van der Waals surface area contributed by atoms with Crippen LogP contribution in [0.2, 0.25) is 0 Å². The van der Waals surface area contributed by atoms with Gasteiger partial charge in [0, 0.05) is 18.9 Å². The van der Waals surface area contributed by atoms with Crippen molar-refractivity contribution in [2.24, 2.45) is 7.05 Å². The minimum Gasteiger partial charge on any atom is -0.304 e. The second-order valence-corrected chi connectivity index (χ2v) is 6.26. The van der Waals surface area contributed by atoms with E-state index in [0.29, 0.717) is 11.5 Å². The Morgan fingerprint density at radius 3 is 2.58 bits per heavy atom. The first-order chi connectivity index (χ1) is 12.2. The van der Waals surface area contributed by atoms with Crippen LogP contribution in [0.3, 0.4) is 0 Å². The van der Waals surface area contributed by atoms with Gasteiger partial charge in [-0.25, -0.2) is 14.5 Å². The van der Waals surface area contributed by atoms with Crippen LogP contribution in [0.5, 0.6) is 0 Å². The van der Waals surface area contributed by atoms with Crippen molar-refractivity contribution in [2.75, 3.05) is 5.43 Å². The van der Waals surface area contributed by atoms with Crippen LogP contribution >= 0.6 is 0 Å². The monoisotopic (exact) mass is 365 g/mol. The number of aryl methyl sites for hydroxylation is 1. The lowest BCUT2D eigenvalue weighted by Crippen LogP contribution is -2.29. The van der Waals surface area contributed by atoms with E-state index >= 15 is 0 Å². The van der Waals surface area contributed by atoms with Crippen molar-refractivity contribution in [1.29, 1.82) is 0 Å². The summed E-state index contributed by atoms with van der Waals surface area (Å²) in [7, 11) is 1.65. The molecule has 0 fully saturated rings. The third-order valence-electron chi connectivity index (χ3n) is 3.95. The van der Waals surface area contributed by atoms with Gasteiger partial charge in [-0.3, -0.25) is 5.43 Å². The summed E-state index contributed by atoms with van der Waals surface area (Å²) in [4.78, 5) is 16.4. The van der Waals surface area contributed by atoms with Crippen LogP contribution in [0.4, 0.5) is 19.0 Å². The summed E-state index contributed by atoms with van der Waals surface area (Å²) in [5.74, 6) is 0.444. The van der Waals surface area contributed by atoms with Gasteiger partial charge >= 0.3 is 11.9 Å². The van der Waals surface area contributed by atoms with E-state index in [2.05, 4.69) is 10.4 Å². The van der Waals surface area contributed by atoms with E-state index in [9.17, 15) is 18.0 Å². The Bertz CT molecular complexity index is 981. The van der Waals surface area contributed by atoms with Gasteiger partial charge in [0.15, 0.2) is 5.82 Å². The zero-order valence-electron chi connectivity index (χ0n) is 14.4.